The molecule has 134 valence electrons. The SMILES string of the molecule is Cc1cccc(CCCNC(=O)C(C)Oc2ccc3ccccc3c2)c1. The molecule has 0 aromatic heterocycles. The van der Waals surface area contributed by atoms with Gasteiger partial charge in [-0.15, -0.1) is 0 Å². The van der Waals surface area contributed by atoms with Crippen LogP contribution in [0.3, 0.4) is 0 Å². The van der Waals surface area contributed by atoms with E-state index in [0.717, 1.165) is 23.6 Å². The van der Waals surface area contributed by atoms with Crippen molar-refractivity contribution in [1.82, 2.24) is 5.32 Å². The maximum atomic E-state index is 12.2. The Balaban J connectivity index is 1.46. The third kappa shape index (κ3) is 4.85. The molecule has 26 heavy (non-hydrogen) atoms. The third-order valence-corrected chi connectivity index (χ3v) is 4.43. The van der Waals surface area contributed by atoms with Gasteiger partial charge in [-0.2, -0.15) is 0 Å². The van der Waals surface area contributed by atoms with E-state index in [1.165, 1.54) is 11.1 Å². The molecule has 0 saturated carbocycles. The van der Waals surface area contributed by atoms with E-state index >= 15 is 0 Å². The number of aryl methyl sites for hydroxylation is 2. The van der Waals surface area contributed by atoms with Gasteiger partial charge in [0.15, 0.2) is 6.10 Å². The summed E-state index contributed by atoms with van der Waals surface area (Å²) in [4.78, 5) is 12.2. The third-order valence-electron chi connectivity index (χ3n) is 4.43. The largest absolute Gasteiger partial charge is 0.481 e. The molecule has 1 atom stereocenters. The van der Waals surface area contributed by atoms with E-state index in [1.807, 2.05) is 36.4 Å². The van der Waals surface area contributed by atoms with Crippen molar-refractivity contribution in [3.63, 3.8) is 0 Å². The molecular weight excluding hydrogens is 322 g/mol. The summed E-state index contributed by atoms with van der Waals surface area (Å²) < 4.78 is 5.80. The molecule has 1 N–H and O–H groups in total. The Labute approximate surface area is 155 Å². The molecule has 3 heteroatoms. The Morgan fingerprint density at radius 3 is 2.62 bits per heavy atom. The van der Waals surface area contributed by atoms with Crippen LogP contribution in [0.1, 0.15) is 24.5 Å². The normalized spacial score (nSPS) is 11.9. The zero-order valence-corrected chi connectivity index (χ0v) is 15.4. The molecule has 0 saturated heterocycles. The van der Waals surface area contributed by atoms with Crippen LogP contribution in [0.2, 0.25) is 0 Å². The molecule has 0 bridgehead atoms. The molecule has 0 radical (unpaired) electrons. The van der Waals surface area contributed by atoms with Crippen molar-refractivity contribution >= 4 is 16.7 Å². The van der Waals surface area contributed by atoms with Gasteiger partial charge < -0.3 is 10.1 Å². The van der Waals surface area contributed by atoms with E-state index in [0.29, 0.717) is 12.3 Å². The smallest absolute Gasteiger partial charge is 0.260 e. The van der Waals surface area contributed by atoms with Gasteiger partial charge >= 0.3 is 0 Å². The Hall–Kier alpha value is -2.81. The minimum Gasteiger partial charge on any atom is -0.481 e. The van der Waals surface area contributed by atoms with Gasteiger partial charge in [0.1, 0.15) is 5.75 Å². The lowest BCUT2D eigenvalue weighted by Gasteiger charge is -2.15. The second-order valence-electron chi connectivity index (χ2n) is 6.65. The van der Waals surface area contributed by atoms with Gasteiger partial charge in [-0.25, -0.2) is 0 Å². The van der Waals surface area contributed by atoms with Crippen LogP contribution < -0.4 is 10.1 Å². The second-order valence-corrected chi connectivity index (χ2v) is 6.65. The second kappa shape index (κ2) is 8.52. The van der Waals surface area contributed by atoms with E-state index in [2.05, 4.69) is 42.6 Å². The van der Waals surface area contributed by atoms with Gasteiger partial charge in [0.05, 0.1) is 0 Å². The number of carbonyl (C=O) groups is 1. The number of amides is 1. The fourth-order valence-electron chi connectivity index (χ4n) is 3.01. The van der Waals surface area contributed by atoms with Crippen molar-refractivity contribution in [1.29, 1.82) is 0 Å². The van der Waals surface area contributed by atoms with Crippen molar-refractivity contribution in [2.75, 3.05) is 6.54 Å². The van der Waals surface area contributed by atoms with Crippen LogP contribution in [-0.2, 0) is 11.2 Å². The molecule has 0 aliphatic carbocycles. The number of hydrogen-bond acceptors (Lipinski definition) is 2. The van der Waals surface area contributed by atoms with Crippen molar-refractivity contribution in [2.24, 2.45) is 0 Å². The predicted octanol–water partition coefficient (Wildman–Crippen LogP) is 4.66. The summed E-state index contributed by atoms with van der Waals surface area (Å²) in [5.74, 6) is 0.633. The molecular formula is C23H25NO2. The van der Waals surface area contributed by atoms with Gasteiger partial charge in [-0.3, -0.25) is 4.79 Å². The van der Waals surface area contributed by atoms with Crippen LogP contribution in [0.4, 0.5) is 0 Å². The molecule has 3 aromatic carbocycles. The minimum atomic E-state index is -0.518. The molecule has 0 aliphatic heterocycles. The first kappa shape index (κ1) is 18.0. The number of carbonyl (C=O) groups excluding carboxylic acids is 1. The lowest BCUT2D eigenvalue weighted by molar-refractivity contribution is -0.127. The molecule has 3 rings (SSSR count). The molecule has 0 heterocycles. The van der Waals surface area contributed by atoms with Gasteiger partial charge in [0.25, 0.3) is 5.91 Å². The first-order chi connectivity index (χ1) is 12.6. The number of ether oxygens (including phenoxy) is 1. The zero-order valence-electron chi connectivity index (χ0n) is 15.4. The fraction of sp³-hybridized carbons (Fsp3) is 0.261. The van der Waals surface area contributed by atoms with Crippen LogP contribution in [-0.4, -0.2) is 18.6 Å². The van der Waals surface area contributed by atoms with Gasteiger partial charge in [0, 0.05) is 6.54 Å². The zero-order chi connectivity index (χ0) is 18.4. The van der Waals surface area contributed by atoms with E-state index in [-0.39, 0.29) is 5.91 Å². The molecule has 0 spiro atoms. The molecule has 0 aliphatic rings. The van der Waals surface area contributed by atoms with Gasteiger partial charge in [0.2, 0.25) is 0 Å². The predicted molar refractivity (Wildman–Crippen MR) is 107 cm³/mol. The number of fused-ring (bicyclic) bond motifs is 1. The van der Waals surface area contributed by atoms with Crippen molar-refractivity contribution in [2.45, 2.75) is 32.8 Å². The Morgan fingerprint density at radius 1 is 1.00 bits per heavy atom. The summed E-state index contributed by atoms with van der Waals surface area (Å²) >= 11 is 0. The van der Waals surface area contributed by atoms with E-state index < -0.39 is 6.10 Å². The average Bonchev–Trinajstić information content (AvgIpc) is 2.65. The molecule has 3 nitrogen and oxygen atoms in total. The highest BCUT2D eigenvalue weighted by Gasteiger charge is 2.14. The van der Waals surface area contributed by atoms with Crippen molar-refractivity contribution in [3.8, 4) is 5.75 Å². The summed E-state index contributed by atoms with van der Waals surface area (Å²) in [6.45, 7) is 4.53. The van der Waals surface area contributed by atoms with Crippen molar-refractivity contribution in [3.05, 3.63) is 77.9 Å². The monoisotopic (exact) mass is 347 g/mol. The van der Waals surface area contributed by atoms with Crippen molar-refractivity contribution < 1.29 is 9.53 Å². The van der Waals surface area contributed by atoms with E-state index in [1.54, 1.807) is 6.92 Å². The number of benzene rings is 3. The number of rotatable bonds is 7. The van der Waals surface area contributed by atoms with Crippen LogP contribution in [0.15, 0.2) is 66.7 Å². The standard InChI is InChI=1S/C23H25NO2/c1-17-7-5-8-19(15-17)9-6-14-24-23(25)18(2)26-22-13-12-20-10-3-4-11-21(20)16-22/h3-5,7-8,10-13,15-16,18H,6,9,14H2,1-2H3,(H,24,25). The lowest BCUT2D eigenvalue weighted by atomic mass is 10.1. The number of nitrogens with one attached hydrogen (secondary N) is 1. The quantitative estimate of drug-likeness (QED) is 0.631. The Bertz CT molecular complexity index is 888. The summed E-state index contributed by atoms with van der Waals surface area (Å²) in [7, 11) is 0. The molecule has 1 amide bonds. The highest BCUT2D eigenvalue weighted by Crippen LogP contribution is 2.21. The highest BCUT2D eigenvalue weighted by molar-refractivity contribution is 5.84. The maximum Gasteiger partial charge on any atom is 0.260 e. The number of hydrogen-bond donors (Lipinski definition) is 1. The first-order valence-electron chi connectivity index (χ1n) is 9.10. The van der Waals surface area contributed by atoms with Crippen LogP contribution >= 0.6 is 0 Å². The van der Waals surface area contributed by atoms with E-state index in [9.17, 15) is 4.79 Å². The Kier molecular flexibility index (Phi) is 5.90. The van der Waals surface area contributed by atoms with Gasteiger partial charge in [-0.1, -0.05) is 60.2 Å². The highest BCUT2D eigenvalue weighted by atomic mass is 16.5. The summed E-state index contributed by atoms with van der Waals surface area (Å²) in [6.07, 6.45) is 1.36. The topological polar surface area (TPSA) is 38.3 Å². The summed E-state index contributed by atoms with van der Waals surface area (Å²) in [5.41, 5.74) is 2.57. The fourth-order valence-corrected chi connectivity index (χ4v) is 3.01. The van der Waals surface area contributed by atoms with E-state index in [4.69, 9.17) is 4.74 Å². The minimum absolute atomic E-state index is 0.0811. The maximum absolute atomic E-state index is 12.2. The average molecular weight is 347 g/mol. The molecule has 3 aromatic rings. The summed E-state index contributed by atoms with van der Waals surface area (Å²) in [5, 5.41) is 5.23. The molecule has 1 unspecified atom stereocenters. The van der Waals surface area contributed by atoms with Crippen LogP contribution in [0, 0.1) is 6.92 Å². The van der Waals surface area contributed by atoms with Crippen LogP contribution in [0.25, 0.3) is 10.8 Å². The van der Waals surface area contributed by atoms with Gasteiger partial charge in [-0.05, 0) is 55.2 Å². The summed E-state index contributed by atoms with van der Waals surface area (Å²) in [6, 6.07) is 22.5. The first-order valence-corrected chi connectivity index (χ1v) is 9.10. The lowest BCUT2D eigenvalue weighted by Crippen LogP contribution is -2.36. The van der Waals surface area contributed by atoms with Crippen LogP contribution in [0.5, 0.6) is 5.75 Å². The molecule has 0 fully saturated rings. The Morgan fingerprint density at radius 2 is 1.81 bits per heavy atom.